The van der Waals surface area contributed by atoms with Crippen molar-refractivity contribution in [2.45, 2.75) is 58.4 Å². The second-order valence-electron chi connectivity index (χ2n) is 7.23. The molecule has 0 atom stereocenters. The van der Waals surface area contributed by atoms with Gasteiger partial charge in [-0.2, -0.15) is 0 Å². The summed E-state index contributed by atoms with van der Waals surface area (Å²) in [6.45, 7) is 4.69. The zero-order chi connectivity index (χ0) is 15.0. The molecule has 4 heteroatoms. The lowest BCUT2D eigenvalue weighted by atomic mass is 9.75. The summed E-state index contributed by atoms with van der Waals surface area (Å²) in [7, 11) is 0. The highest BCUT2D eigenvalue weighted by molar-refractivity contribution is 5.95. The van der Waals surface area contributed by atoms with E-state index in [-0.39, 0.29) is 5.91 Å². The standard InChI is InChI=1S/C17H25N3O/c1-17(2)7-5-12(6-8-17)19-15-9-11-3-4-16(21)20-14(11)10-13(15)18/h9-10,12,19H,3-8,18H2,1-2H3,(H,20,21). The van der Waals surface area contributed by atoms with Crippen LogP contribution < -0.4 is 16.4 Å². The van der Waals surface area contributed by atoms with Crippen LogP contribution in [0.3, 0.4) is 0 Å². The van der Waals surface area contributed by atoms with Crippen molar-refractivity contribution in [3.8, 4) is 0 Å². The number of benzene rings is 1. The molecule has 1 aromatic carbocycles. The maximum atomic E-state index is 11.4. The molecule has 2 aliphatic rings. The largest absolute Gasteiger partial charge is 0.397 e. The molecule has 0 unspecified atom stereocenters. The number of fused-ring (bicyclic) bond motifs is 1. The molecule has 0 aromatic heterocycles. The minimum Gasteiger partial charge on any atom is -0.397 e. The molecule has 0 spiro atoms. The molecule has 1 fully saturated rings. The van der Waals surface area contributed by atoms with Crippen LogP contribution in [-0.2, 0) is 11.2 Å². The van der Waals surface area contributed by atoms with Gasteiger partial charge >= 0.3 is 0 Å². The molecule has 0 saturated heterocycles. The van der Waals surface area contributed by atoms with E-state index in [0.29, 0.717) is 17.9 Å². The number of hydrogen-bond acceptors (Lipinski definition) is 3. The molecule has 1 aliphatic carbocycles. The first kappa shape index (κ1) is 14.2. The van der Waals surface area contributed by atoms with Crippen LogP contribution in [-0.4, -0.2) is 11.9 Å². The van der Waals surface area contributed by atoms with Crippen molar-refractivity contribution in [1.29, 1.82) is 0 Å². The van der Waals surface area contributed by atoms with Crippen molar-refractivity contribution < 1.29 is 4.79 Å². The molecular formula is C17H25N3O. The minimum atomic E-state index is 0.0807. The van der Waals surface area contributed by atoms with Gasteiger partial charge in [0.1, 0.15) is 0 Å². The van der Waals surface area contributed by atoms with Gasteiger partial charge in [-0.15, -0.1) is 0 Å². The predicted octanol–water partition coefficient (Wildman–Crippen LogP) is 3.53. The van der Waals surface area contributed by atoms with Gasteiger partial charge in [0.2, 0.25) is 5.91 Å². The third-order valence-electron chi connectivity index (χ3n) is 4.87. The molecule has 1 saturated carbocycles. The van der Waals surface area contributed by atoms with Crippen molar-refractivity contribution in [3.05, 3.63) is 17.7 Å². The average molecular weight is 287 g/mol. The number of nitrogen functional groups attached to an aromatic ring is 1. The topological polar surface area (TPSA) is 67.2 Å². The molecule has 1 heterocycles. The summed E-state index contributed by atoms with van der Waals surface area (Å²) < 4.78 is 0. The molecule has 4 N–H and O–H groups in total. The normalized spacial score (nSPS) is 21.5. The van der Waals surface area contributed by atoms with Gasteiger partial charge in [-0.3, -0.25) is 4.79 Å². The first-order valence-corrected chi connectivity index (χ1v) is 7.92. The monoisotopic (exact) mass is 287 g/mol. The fraction of sp³-hybridized carbons (Fsp3) is 0.588. The molecule has 21 heavy (non-hydrogen) atoms. The lowest BCUT2D eigenvalue weighted by Crippen LogP contribution is -2.30. The van der Waals surface area contributed by atoms with Crippen LogP contribution in [0.5, 0.6) is 0 Å². The van der Waals surface area contributed by atoms with E-state index in [0.717, 1.165) is 23.5 Å². The quantitative estimate of drug-likeness (QED) is 0.729. The summed E-state index contributed by atoms with van der Waals surface area (Å²) in [6, 6.07) is 4.52. The van der Waals surface area contributed by atoms with E-state index in [9.17, 15) is 4.79 Å². The van der Waals surface area contributed by atoms with Crippen molar-refractivity contribution >= 4 is 23.0 Å². The maximum absolute atomic E-state index is 11.4. The maximum Gasteiger partial charge on any atom is 0.224 e. The van der Waals surface area contributed by atoms with E-state index in [2.05, 4.69) is 30.5 Å². The first-order valence-electron chi connectivity index (χ1n) is 7.92. The van der Waals surface area contributed by atoms with Gasteiger partial charge in [-0.05, 0) is 55.2 Å². The summed E-state index contributed by atoms with van der Waals surface area (Å²) >= 11 is 0. The Morgan fingerprint density at radius 1 is 1.24 bits per heavy atom. The summed E-state index contributed by atoms with van der Waals surface area (Å²) in [5, 5.41) is 6.51. The second-order valence-corrected chi connectivity index (χ2v) is 7.23. The fourth-order valence-corrected chi connectivity index (χ4v) is 3.33. The number of carbonyl (C=O) groups excluding carboxylic acids is 1. The predicted molar refractivity (Wildman–Crippen MR) is 87.5 cm³/mol. The Morgan fingerprint density at radius 3 is 2.67 bits per heavy atom. The van der Waals surface area contributed by atoms with E-state index in [1.165, 1.54) is 31.2 Å². The Kier molecular flexibility index (Phi) is 3.56. The summed E-state index contributed by atoms with van der Waals surface area (Å²) in [5.41, 5.74) is 10.4. The number of rotatable bonds is 2. The molecule has 1 aliphatic heterocycles. The number of anilines is 3. The third-order valence-corrected chi connectivity index (χ3v) is 4.87. The number of nitrogens with one attached hydrogen (secondary N) is 2. The summed E-state index contributed by atoms with van der Waals surface area (Å²) in [6.07, 6.45) is 6.26. The molecule has 4 nitrogen and oxygen atoms in total. The molecule has 114 valence electrons. The first-order chi connectivity index (χ1) is 9.93. The molecule has 0 bridgehead atoms. The number of hydrogen-bond donors (Lipinski definition) is 3. The van der Waals surface area contributed by atoms with Gasteiger partial charge in [-0.25, -0.2) is 0 Å². The van der Waals surface area contributed by atoms with Gasteiger partial charge in [0, 0.05) is 18.2 Å². The van der Waals surface area contributed by atoms with Gasteiger partial charge in [0.25, 0.3) is 0 Å². The van der Waals surface area contributed by atoms with Crippen LogP contribution >= 0.6 is 0 Å². The Morgan fingerprint density at radius 2 is 1.95 bits per heavy atom. The molecular weight excluding hydrogens is 262 g/mol. The number of aryl methyl sites for hydroxylation is 1. The Labute approximate surface area is 126 Å². The van der Waals surface area contributed by atoms with Crippen LogP contribution in [0.2, 0.25) is 0 Å². The summed E-state index contributed by atoms with van der Waals surface area (Å²) in [4.78, 5) is 11.4. The van der Waals surface area contributed by atoms with Gasteiger partial charge < -0.3 is 16.4 Å². The lowest BCUT2D eigenvalue weighted by Gasteiger charge is -2.35. The van der Waals surface area contributed by atoms with Crippen molar-refractivity contribution in [3.63, 3.8) is 0 Å². The van der Waals surface area contributed by atoms with Crippen LogP contribution in [0, 0.1) is 5.41 Å². The Balaban J connectivity index is 1.73. The zero-order valence-corrected chi connectivity index (χ0v) is 13.0. The highest BCUT2D eigenvalue weighted by atomic mass is 16.1. The number of nitrogens with two attached hydrogens (primary N) is 1. The number of carbonyl (C=O) groups is 1. The smallest absolute Gasteiger partial charge is 0.224 e. The molecule has 3 rings (SSSR count). The van der Waals surface area contributed by atoms with Gasteiger partial charge in [0.15, 0.2) is 0 Å². The SMILES string of the molecule is CC1(C)CCC(Nc2cc3c(cc2N)NC(=O)CC3)CC1. The van der Waals surface area contributed by atoms with Crippen LogP contribution in [0.4, 0.5) is 17.1 Å². The average Bonchev–Trinajstić information content (AvgIpc) is 2.42. The van der Waals surface area contributed by atoms with Gasteiger partial charge in [0.05, 0.1) is 11.4 Å². The van der Waals surface area contributed by atoms with Crippen molar-refractivity contribution in [2.75, 3.05) is 16.4 Å². The minimum absolute atomic E-state index is 0.0807. The van der Waals surface area contributed by atoms with Crippen LogP contribution in [0.25, 0.3) is 0 Å². The zero-order valence-electron chi connectivity index (χ0n) is 13.0. The second kappa shape index (κ2) is 5.24. The lowest BCUT2D eigenvalue weighted by molar-refractivity contribution is -0.116. The third kappa shape index (κ3) is 3.14. The highest BCUT2D eigenvalue weighted by Gasteiger charge is 2.27. The fourth-order valence-electron chi connectivity index (χ4n) is 3.33. The van der Waals surface area contributed by atoms with E-state index in [1.807, 2.05) is 6.07 Å². The Bertz CT molecular complexity index is 555. The highest BCUT2D eigenvalue weighted by Crippen LogP contribution is 2.37. The van der Waals surface area contributed by atoms with E-state index >= 15 is 0 Å². The van der Waals surface area contributed by atoms with Crippen LogP contribution in [0.1, 0.15) is 51.5 Å². The van der Waals surface area contributed by atoms with Crippen LogP contribution in [0.15, 0.2) is 12.1 Å². The number of amides is 1. The summed E-state index contributed by atoms with van der Waals surface area (Å²) in [5.74, 6) is 0.0807. The van der Waals surface area contributed by atoms with E-state index in [4.69, 9.17) is 5.73 Å². The van der Waals surface area contributed by atoms with E-state index < -0.39 is 0 Å². The molecule has 1 amide bonds. The van der Waals surface area contributed by atoms with Gasteiger partial charge in [-0.1, -0.05) is 13.8 Å². The van der Waals surface area contributed by atoms with Crippen molar-refractivity contribution in [1.82, 2.24) is 0 Å². The van der Waals surface area contributed by atoms with E-state index in [1.54, 1.807) is 0 Å². The van der Waals surface area contributed by atoms with Crippen molar-refractivity contribution in [2.24, 2.45) is 5.41 Å². The molecule has 1 aromatic rings. The Hall–Kier alpha value is -1.71. The molecule has 0 radical (unpaired) electrons.